The van der Waals surface area contributed by atoms with Gasteiger partial charge in [-0.25, -0.2) is 0 Å². The molecule has 0 aliphatic heterocycles. The van der Waals surface area contributed by atoms with Crippen LogP contribution >= 0.6 is 0 Å². The van der Waals surface area contributed by atoms with Gasteiger partial charge in [-0.3, -0.25) is 4.79 Å². The van der Waals surface area contributed by atoms with Crippen molar-refractivity contribution in [1.29, 1.82) is 0 Å². The van der Waals surface area contributed by atoms with E-state index in [9.17, 15) is 9.90 Å². The van der Waals surface area contributed by atoms with Crippen molar-refractivity contribution in [2.75, 3.05) is 6.61 Å². The fourth-order valence-corrected chi connectivity index (χ4v) is 3.63. The van der Waals surface area contributed by atoms with Gasteiger partial charge in [0, 0.05) is 30.5 Å². The third-order valence-corrected chi connectivity index (χ3v) is 4.85. The molecule has 2 fully saturated rings. The maximum absolute atomic E-state index is 12.2. The summed E-state index contributed by atoms with van der Waals surface area (Å²) < 4.78 is 0. The first kappa shape index (κ1) is 14.8. The van der Waals surface area contributed by atoms with Gasteiger partial charge in [-0.2, -0.15) is 0 Å². The molecular weight excluding hydrogens is 240 g/mol. The Hall–Kier alpha value is -0.610. The number of nitrogens with two attached hydrogens (primary N) is 1. The van der Waals surface area contributed by atoms with E-state index in [1.807, 2.05) is 0 Å². The zero-order chi connectivity index (χ0) is 13.7. The van der Waals surface area contributed by atoms with Gasteiger partial charge in [0.15, 0.2) is 0 Å². The summed E-state index contributed by atoms with van der Waals surface area (Å²) in [6.45, 7) is 0.179. The van der Waals surface area contributed by atoms with Crippen LogP contribution < -0.4 is 11.1 Å². The first-order valence-electron chi connectivity index (χ1n) is 7.82. The number of rotatable bonds is 4. The second-order valence-corrected chi connectivity index (χ2v) is 6.50. The zero-order valence-corrected chi connectivity index (χ0v) is 11.9. The Balaban J connectivity index is 1.82. The van der Waals surface area contributed by atoms with Crippen molar-refractivity contribution in [3.63, 3.8) is 0 Å². The summed E-state index contributed by atoms with van der Waals surface area (Å²) in [7, 11) is 0. The van der Waals surface area contributed by atoms with Gasteiger partial charge < -0.3 is 16.2 Å². The molecule has 4 nitrogen and oxygen atoms in total. The van der Waals surface area contributed by atoms with Crippen LogP contribution in [0.3, 0.4) is 0 Å². The topological polar surface area (TPSA) is 75.4 Å². The van der Waals surface area contributed by atoms with Gasteiger partial charge in [-0.05, 0) is 25.7 Å². The molecule has 0 aromatic carbocycles. The highest BCUT2D eigenvalue weighted by atomic mass is 16.3. The number of nitrogens with one attached hydrogen (secondary N) is 1. The number of hydrogen-bond donors (Lipinski definition) is 3. The molecule has 0 saturated heterocycles. The van der Waals surface area contributed by atoms with E-state index in [0.717, 1.165) is 44.9 Å². The van der Waals surface area contributed by atoms with Crippen LogP contribution in [0.4, 0.5) is 0 Å². The summed E-state index contributed by atoms with van der Waals surface area (Å²) in [5.74, 6) is 0.313. The molecule has 0 bridgehead atoms. The Bertz CT molecular complexity index is 301. The second-order valence-electron chi connectivity index (χ2n) is 6.50. The predicted octanol–water partition coefficient (Wildman–Crippen LogP) is 1.71. The Kier molecular flexibility index (Phi) is 5.22. The average molecular weight is 268 g/mol. The molecule has 4 heteroatoms. The van der Waals surface area contributed by atoms with Crippen molar-refractivity contribution in [2.24, 2.45) is 11.7 Å². The number of carbonyl (C=O) groups excluding carboxylic acids is 1. The summed E-state index contributed by atoms with van der Waals surface area (Å²) in [5, 5.41) is 12.5. The molecule has 2 unspecified atom stereocenters. The van der Waals surface area contributed by atoms with Gasteiger partial charge in [-0.1, -0.05) is 32.1 Å². The molecule has 2 aliphatic rings. The average Bonchev–Trinajstić information content (AvgIpc) is 2.39. The Morgan fingerprint density at radius 1 is 1.16 bits per heavy atom. The number of amides is 1. The molecular formula is C15H28N2O2. The quantitative estimate of drug-likeness (QED) is 0.726. The molecule has 0 heterocycles. The second kappa shape index (κ2) is 6.71. The normalized spacial score (nSPS) is 30.8. The van der Waals surface area contributed by atoms with Crippen molar-refractivity contribution in [3.05, 3.63) is 0 Å². The van der Waals surface area contributed by atoms with E-state index in [0.29, 0.717) is 6.42 Å². The highest BCUT2D eigenvalue weighted by Crippen LogP contribution is 2.29. The van der Waals surface area contributed by atoms with E-state index in [1.54, 1.807) is 0 Å². The molecule has 2 aliphatic carbocycles. The van der Waals surface area contributed by atoms with Crippen LogP contribution in [0.15, 0.2) is 0 Å². The molecule has 0 radical (unpaired) electrons. The number of aliphatic hydroxyl groups is 1. The van der Waals surface area contributed by atoms with Crippen molar-refractivity contribution >= 4 is 5.91 Å². The smallest absolute Gasteiger partial charge is 0.222 e. The van der Waals surface area contributed by atoms with Crippen LogP contribution in [-0.2, 0) is 4.79 Å². The molecule has 0 spiro atoms. The van der Waals surface area contributed by atoms with Crippen molar-refractivity contribution in [1.82, 2.24) is 5.32 Å². The minimum Gasteiger partial charge on any atom is -0.396 e. The lowest BCUT2D eigenvalue weighted by Gasteiger charge is -2.35. The Labute approximate surface area is 116 Å². The van der Waals surface area contributed by atoms with E-state index < -0.39 is 0 Å². The van der Waals surface area contributed by atoms with Crippen LogP contribution in [0, 0.1) is 5.92 Å². The minimum atomic E-state index is -0.286. The van der Waals surface area contributed by atoms with Crippen LogP contribution in [0.25, 0.3) is 0 Å². The monoisotopic (exact) mass is 268 g/mol. The van der Waals surface area contributed by atoms with Gasteiger partial charge in [0.05, 0.1) is 0 Å². The maximum atomic E-state index is 12.2. The fourth-order valence-electron chi connectivity index (χ4n) is 3.63. The third-order valence-electron chi connectivity index (χ3n) is 4.85. The summed E-state index contributed by atoms with van der Waals surface area (Å²) in [6.07, 6.45) is 10.2. The van der Waals surface area contributed by atoms with Crippen LogP contribution in [0.5, 0.6) is 0 Å². The molecule has 0 aromatic heterocycles. The van der Waals surface area contributed by atoms with Crippen molar-refractivity contribution in [3.8, 4) is 0 Å². The highest BCUT2D eigenvalue weighted by Gasteiger charge is 2.32. The lowest BCUT2D eigenvalue weighted by atomic mass is 9.79. The van der Waals surface area contributed by atoms with Gasteiger partial charge in [-0.15, -0.1) is 0 Å². The van der Waals surface area contributed by atoms with E-state index in [-0.39, 0.29) is 30.0 Å². The largest absolute Gasteiger partial charge is 0.396 e. The number of aliphatic hydroxyl groups excluding tert-OH is 1. The third kappa shape index (κ3) is 4.18. The predicted molar refractivity (Wildman–Crippen MR) is 75.6 cm³/mol. The summed E-state index contributed by atoms with van der Waals surface area (Å²) in [5.41, 5.74) is 6.04. The van der Waals surface area contributed by atoms with Crippen LogP contribution in [0.1, 0.15) is 64.2 Å². The molecule has 4 N–H and O–H groups in total. The Morgan fingerprint density at radius 3 is 2.53 bits per heavy atom. The summed E-state index contributed by atoms with van der Waals surface area (Å²) in [4.78, 5) is 12.2. The van der Waals surface area contributed by atoms with Crippen LogP contribution in [0.2, 0.25) is 0 Å². The number of carbonyl (C=O) groups is 1. The highest BCUT2D eigenvalue weighted by molar-refractivity contribution is 5.77. The molecule has 1 amide bonds. The molecule has 110 valence electrons. The molecule has 0 aromatic rings. The summed E-state index contributed by atoms with van der Waals surface area (Å²) in [6, 6.07) is 0.151. The Morgan fingerprint density at radius 2 is 1.84 bits per heavy atom. The minimum absolute atomic E-state index is 0.0785. The SMILES string of the molecule is NC1(CC(=O)NC2CCCCC2CO)CCCCC1. The van der Waals surface area contributed by atoms with Crippen molar-refractivity contribution < 1.29 is 9.90 Å². The maximum Gasteiger partial charge on any atom is 0.222 e. The van der Waals surface area contributed by atoms with E-state index >= 15 is 0 Å². The first-order valence-corrected chi connectivity index (χ1v) is 7.82. The van der Waals surface area contributed by atoms with Gasteiger partial charge in [0.2, 0.25) is 5.91 Å². The molecule has 2 atom stereocenters. The zero-order valence-electron chi connectivity index (χ0n) is 11.9. The lowest BCUT2D eigenvalue weighted by Crippen LogP contribution is -2.49. The van der Waals surface area contributed by atoms with Gasteiger partial charge >= 0.3 is 0 Å². The fraction of sp³-hybridized carbons (Fsp3) is 0.933. The molecule has 2 rings (SSSR count). The number of hydrogen-bond acceptors (Lipinski definition) is 3. The molecule has 19 heavy (non-hydrogen) atoms. The standard InChI is InChI=1S/C15H28N2O2/c16-15(8-4-1-5-9-15)10-14(19)17-13-7-3-2-6-12(13)11-18/h12-13,18H,1-11,16H2,(H,17,19). The first-order chi connectivity index (χ1) is 9.13. The van der Waals surface area contributed by atoms with Crippen LogP contribution in [-0.4, -0.2) is 29.2 Å². The van der Waals surface area contributed by atoms with Gasteiger partial charge in [0.25, 0.3) is 0 Å². The lowest BCUT2D eigenvalue weighted by molar-refractivity contribution is -0.124. The van der Waals surface area contributed by atoms with Crippen molar-refractivity contribution in [2.45, 2.75) is 75.8 Å². The van der Waals surface area contributed by atoms with Gasteiger partial charge in [0.1, 0.15) is 0 Å². The van der Waals surface area contributed by atoms with E-state index in [1.165, 1.54) is 12.8 Å². The van der Waals surface area contributed by atoms with E-state index in [4.69, 9.17) is 5.73 Å². The van der Waals surface area contributed by atoms with E-state index in [2.05, 4.69) is 5.32 Å². The summed E-state index contributed by atoms with van der Waals surface area (Å²) >= 11 is 0. The molecule has 2 saturated carbocycles.